The Kier molecular flexibility index (Phi) is 5.91. The fourth-order valence-corrected chi connectivity index (χ4v) is 2.72. The molecule has 0 radical (unpaired) electrons. The summed E-state index contributed by atoms with van der Waals surface area (Å²) in [6.07, 6.45) is 0. The van der Waals surface area contributed by atoms with Gasteiger partial charge in [0.05, 0.1) is 36.7 Å². The van der Waals surface area contributed by atoms with Crippen molar-refractivity contribution < 1.29 is 19.1 Å². The van der Waals surface area contributed by atoms with E-state index < -0.39 is 11.9 Å². The van der Waals surface area contributed by atoms with Gasteiger partial charge in [-0.1, -0.05) is 36.4 Å². The van der Waals surface area contributed by atoms with Crippen molar-refractivity contribution in [2.45, 2.75) is 0 Å². The second-order valence-electron chi connectivity index (χ2n) is 5.91. The molecule has 0 bridgehead atoms. The maximum absolute atomic E-state index is 12.4. The molecule has 6 heteroatoms. The Bertz CT molecular complexity index is 891. The summed E-state index contributed by atoms with van der Waals surface area (Å²) in [5, 5.41) is 6.32. The Morgan fingerprint density at radius 2 is 1.00 bits per heavy atom. The van der Waals surface area contributed by atoms with E-state index in [1.54, 1.807) is 12.1 Å². The molecular formula is C22H20N2O4. The first-order valence-electron chi connectivity index (χ1n) is 8.61. The summed E-state index contributed by atoms with van der Waals surface area (Å²) in [6, 6.07) is 21.8. The Labute approximate surface area is 163 Å². The highest BCUT2D eigenvalue weighted by atomic mass is 16.5. The smallest absolute Gasteiger partial charge is 0.340 e. The van der Waals surface area contributed by atoms with Gasteiger partial charge in [-0.05, 0) is 36.4 Å². The summed E-state index contributed by atoms with van der Waals surface area (Å²) in [5.41, 5.74) is 3.00. The first-order valence-corrected chi connectivity index (χ1v) is 8.61. The molecule has 0 atom stereocenters. The number of anilines is 4. The van der Waals surface area contributed by atoms with E-state index in [9.17, 15) is 9.59 Å². The van der Waals surface area contributed by atoms with Crippen molar-refractivity contribution in [2.75, 3.05) is 24.9 Å². The van der Waals surface area contributed by atoms with Crippen LogP contribution in [0.15, 0.2) is 72.8 Å². The Morgan fingerprint density at radius 3 is 1.32 bits per heavy atom. The summed E-state index contributed by atoms with van der Waals surface area (Å²) in [5.74, 6) is -1.04. The van der Waals surface area contributed by atoms with E-state index in [-0.39, 0.29) is 11.1 Å². The normalized spacial score (nSPS) is 10.1. The van der Waals surface area contributed by atoms with E-state index in [4.69, 9.17) is 9.47 Å². The Morgan fingerprint density at radius 1 is 0.643 bits per heavy atom. The fraction of sp³-hybridized carbons (Fsp3) is 0.0909. The number of carbonyl (C=O) groups excluding carboxylic acids is 2. The Hall–Kier alpha value is -3.80. The second kappa shape index (κ2) is 8.73. The van der Waals surface area contributed by atoms with Gasteiger partial charge in [0.2, 0.25) is 0 Å². The minimum absolute atomic E-state index is 0.289. The third-order valence-electron chi connectivity index (χ3n) is 4.07. The van der Waals surface area contributed by atoms with Gasteiger partial charge in [0, 0.05) is 11.4 Å². The van der Waals surface area contributed by atoms with Crippen LogP contribution in [0.2, 0.25) is 0 Å². The molecule has 0 aromatic heterocycles. The highest BCUT2D eigenvalue weighted by molar-refractivity contribution is 6.04. The van der Waals surface area contributed by atoms with E-state index in [0.717, 1.165) is 11.4 Å². The lowest BCUT2D eigenvalue weighted by atomic mass is 10.0. The van der Waals surface area contributed by atoms with E-state index >= 15 is 0 Å². The molecule has 142 valence electrons. The lowest BCUT2D eigenvalue weighted by molar-refractivity contribution is 0.0588. The Balaban J connectivity index is 2.10. The van der Waals surface area contributed by atoms with Crippen LogP contribution < -0.4 is 10.6 Å². The van der Waals surface area contributed by atoms with Crippen LogP contribution in [0, 0.1) is 0 Å². The van der Waals surface area contributed by atoms with Crippen molar-refractivity contribution in [3.05, 3.63) is 83.9 Å². The number of methoxy groups -OCH3 is 2. The monoisotopic (exact) mass is 376 g/mol. The van der Waals surface area contributed by atoms with Crippen molar-refractivity contribution in [2.24, 2.45) is 0 Å². The lowest BCUT2D eigenvalue weighted by Gasteiger charge is -2.17. The van der Waals surface area contributed by atoms with Crippen molar-refractivity contribution in [1.82, 2.24) is 0 Å². The topological polar surface area (TPSA) is 76.7 Å². The lowest BCUT2D eigenvalue weighted by Crippen LogP contribution is -2.12. The van der Waals surface area contributed by atoms with Crippen LogP contribution in [0.1, 0.15) is 20.7 Å². The van der Waals surface area contributed by atoms with Gasteiger partial charge in [0.1, 0.15) is 0 Å². The van der Waals surface area contributed by atoms with Gasteiger partial charge in [-0.3, -0.25) is 0 Å². The number of nitrogens with one attached hydrogen (secondary N) is 2. The number of hydrogen-bond acceptors (Lipinski definition) is 6. The maximum Gasteiger partial charge on any atom is 0.340 e. The highest BCUT2D eigenvalue weighted by Gasteiger charge is 2.21. The second-order valence-corrected chi connectivity index (χ2v) is 5.91. The molecule has 0 spiro atoms. The van der Waals surface area contributed by atoms with Gasteiger partial charge in [0.15, 0.2) is 0 Å². The number of ether oxygens (including phenoxy) is 2. The molecule has 0 unspecified atom stereocenters. The van der Waals surface area contributed by atoms with Gasteiger partial charge in [-0.25, -0.2) is 9.59 Å². The first-order chi connectivity index (χ1) is 13.6. The average Bonchev–Trinajstić information content (AvgIpc) is 2.74. The molecule has 0 saturated carbocycles. The molecule has 3 aromatic rings. The molecule has 0 fully saturated rings. The molecule has 0 aliphatic heterocycles. The van der Waals surface area contributed by atoms with Crippen LogP contribution in [0.25, 0.3) is 0 Å². The van der Waals surface area contributed by atoms with Gasteiger partial charge < -0.3 is 20.1 Å². The molecule has 0 heterocycles. The molecule has 6 nitrogen and oxygen atoms in total. The average molecular weight is 376 g/mol. The highest BCUT2D eigenvalue weighted by Crippen LogP contribution is 2.31. The van der Waals surface area contributed by atoms with E-state index in [2.05, 4.69) is 10.6 Å². The number of rotatable bonds is 6. The molecule has 0 amide bonds. The van der Waals surface area contributed by atoms with Crippen LogP contribution >= 0.6 is 0 Å². The predicted molar refractivity (Wildman–Crippen MR) is 109 cm³/mol. The van der Waals surface area contributed by atoms with E-state index in [1.165, 1.54) is 14.2 Å². The summed E-state index contributed by atoms with van der Waals surface area (Å²) in [7, 11) is 2.63. The quantitative estimate of drug-likeness (QED) is 0.605. The molecule has 3 aromatic carbocycles. The third-order valence-corrected chi connectivity index (χ3v) is 4.07. The molecule has 2 N–H and O–H groups in total. The fourth-order valence-electron chi connectivity index (χ4n) is 2.72. The summed E-state index contributed by atoms with van der Waals surface area (Å²) in [6.45, 7) is 0. The van der Waals surface area contributed by atoms with Crippen molar-refractivity contribution in [3.8, 4) is 0 Å². The van der Waals surface area contributed by atoms with E-state index in [0.29, 0.717) is 11.4 Å². The third kappa shape index (κ3) is 4.29. The van der Waals surface area contributed by atoms with Crippen LogP contribution in [-0.2, 0) is 9.47 Å². The molecule has 0 aliphatic carbocycles. The number of esters is 2. The molecular weight excluding hydrogens is 356 g/mol. The minimum atomic E-state index is -0.522. The molecule has 28 heavy (non-hydrogen) atoms. The summed E-state index contributed by atoms with van der Waals surface area (Å²) in [4.78, 5) is 24.7. The molecule has 0 saturated heterocycles. The van der Waals surface area contributed by atoms with Crippen LogP contribution in [0.5, 0.6) is 0 Å². The van der Waals surface area contributed by atoms with Crippen LogP contribution in [0.4, 0.5) is 22.7 Å². The largest absolute Gasteiger partial charge is 0.465 e. The number of benzene rings is 3. The van der Waals surface area contributed by atoms with Crippen LogP contribution in [0.3, 0.4) is 0 Å². The minimum Gasteiger partial charge on any atom is -0.465 e. The summed E-state index contributed by atoms with van der Waals surface area (Å²) < 4.78 is 9.85. The standard InChI is InChI=1S/C22H20N2O4/c1-27-21(25)17-13-20(24-16-11-7-4-8-12-16)18(22(26)28-2)14-19(17)23-15-9-5-3-6-10-15/h3-14,23-24H,1-2H3. The molecule has 0 aliphatic rings. The van der Waals surface area contributed by atoms with E-state index in [1.807, 2.05) is 60.7 Å². The SMILES string of the molecule is COC(=O)c1cc(Nc2ccccc2)c(C(=O)OC)cc1Nc1ccccc1. The zero-order valence-electron chi connectivity index (χ0n) is 15.6. The van der Waals surface area contributed by atoms with Crippen molar-refractivity contribution in [1.29, 1.82) is 0 Å². The number of hydrogen-bond donors (Lipinski definition) is 2. The molecule has 3 rings (SSSR count). The maximum atomic E-state index is 12.4. The van der Waals surface area contributed by atoms with Crippen LogP contribution in [-0.4, -0.2) is 26.2 Å². The van der Waals surface area contributed by atoms with Gasteiger partial charge in [0.25, 0.3) is 0 Å². The zero-order valence-corrected chi connectivity index (χ0v) is 15.6. The van der Waals surface area contributed by atoms with Gasteiger partial charge in [-0.15, -0.1) is 0 Å². The first kappa shape index (κ1) is 19.0. The van der Waals surface area contributed by atoms with Crippen molar-refractivity contribution in [3.63, 3.8) is 0 Å². The van der Waals surface area contributed by atoms with Gasteiger partial charge in [-0.2, -0.15) is 0 Å². The summed E-state index contributed by atoms with van der Waals surface area (Å²) >= 11 is 0. The number of para-hydroxylation sites is 2. The zero-order chi connectivity index (χ0) is 19.9. The number of carbonyl (C=O) groups is 2. The van der Waals surface area contributed by atoms with Gasteiger partial charge >= 0.3 is 11.9 Å². The van der Waals surface area contributed by atoms with Crippen molar-refractivity contribution >= 4 is 34.7 Å². The predicted octanol–water partition coefficient (Wildman–Crippen LogP) is 4.75.